The van der Waals surface area contributed by atoms with E-state index in [0.717, 1.165) is 18.5 Å². The second-order valence-electron chi connectivity index (χ2n) is 6.79. The fourth-order valence-corrected chi connectivity index (χ4v) is 3.31. The number of amides is 1. The maximum absolute atomic E-state index is 12.5. The lowest BCUT2D eigenvalue weighted by Crippen LogP contribution is -2.44. The number of aromatic nitrogens is 2. The first kappa shape index (κ1) is 20.0. The van der Waals surface area contributed by atoms with E-state index in [1.807, 2.05) is 12.1 Å². The van der Waals surface area contributed by atoms with Crippen LogP contribution in [0.4, 0.5) is 5.69 Å². The van der Waals surface area contributed by atoms with E-state index in [9.17, 15) is 9.59 Å². The summed E-state index contributed by atoms with van der Waals surface area (Å²) in [5.74, 6) is -0.496. The van der Waals surface area contributed by atoms with E-state index in [2.05, 4.69) is 10.4 Å². The summed E-state index contributed by atoms with van der Waals surface area (Å²) in [7, 11) is 0. The van der Waals surface area contributed by atoms with Crippen molar-refractivity contribution in [2.75, 3.05) is 25.1 Å². The molecule has 1 aromatic carbocycles. The molecule has 1 amide bonds. The van der Waals surface area contributed by atoms with Gasteiger partial charge in [-0.3, -0.25) is 4.79 Å². The van der Waals surface area contributed by atoms with Crippen molar-refractivity contribution in [1.82, 2.24) is 9.78 Å². The number of nitrogens with one attached hydrogen (secondary N) is 1. The Morgan fingerprint density at radius 2 is 2.14 bits per heavy atom. The average Bonchev–Trinajstić information content (AvgIpc) is 3.10. The van der Waals surface area contributed by atoms with Gasteiger partial charge in [-0.1, -0.05) is 6.07 Å². The summed E-state index contributed by atoms with van der Waals surface area (Å²) in [5, 5.41) is 7.16. The van der Waals surface area contributed by atoms with Gasteiger partial charge in [0.25, 0.3) is 0 Å². The fraction of sp³-hybridized carbons (Fsp3) is 0.450. The van der Waals surface area contributed by atoms with E-state index in [0.29, 0.717) is 36.8 Å². The summed E-state index contributed by atoms with van der Waals surface area (Å²) in [6, 6.07) is 6.68. The van der Waals surface area contributed by atoms with Crippen LogP contribution in [0.5, 0.6) is 0 Å². The number of rotatable bonds is 6. The average molecular weight is 386 g/mol. The number of esters is 1. The molecule has 3 rings (SSSR count). The Hall–Kier alpha value is -2.71. The van der Waals surface area contributed by atoms with Crippen LogP contribution >= 0.6 is 0 Å². The van der Waals surface area contributed by atoms with Crippen molar-refractivity contribution < 1.29 is 19.1 Å². The lowest BCUT2D eigenvalue weighted by atomic mass is 9.92. The van der Waals surface area contributed by atoms with E-state index >= 15 is 0 Å². The van der Waals surface area contributed by atoms with Gasteiger partial charge in [0.15, 0.2) is 0 Å². The monoisotopic (exact) mass is 386 g/mol. The zero-order valence-electron chi connectivity index (χ0n) is 16.2. The molecule has 0 spiro atoms. The second kappa shape index (κ2) is 8.99. The third kappa shape index (κ3) is 4.40. The number of nitrogens with zero attached hydrogens (tertiary/aromatic N) is 2. The Kier molecular flexibility index (Phi) is 6.43. The number of benzene rings is 1. The first-order valence-electron chi connectivity index (χ1n) is 9.47. The smallest absolute Gasteiger partial charge is 0.341 e. The van der Waals surface area contributed by atoms with E-state index in [1.165, 1.54) is 6.20 Å². The van der Waals surface area contributed by atoms with Crippen LogP contribution < -0.4 is 11.1 Å². The zero-order valence-corrected chi connectivity index (χ0v) is 16.2. The van der Waals surface area contributed by atoms with Gasteiger partial charge in [-0.15, -0.1) is 0 Å². The van der Waals surface area contributed by atoms with Gasteiger partial charge in [-0.25, -0.2) is 9.48 Å². The van der Waals surface area contributed by atoms with Crippen LogP contribution in [-0.4, -0.2) is 47.5 Å². The summed E-state index contributed by atoms with van der Waals surface area (Å²) in [6.07, 6.45) is 3.06. The van der Waals surface area contributed by atoms with E-state index < -0.39 is 12.0 Å². The Bertz CT molecular complexity index is 842. The highest BCUT2D eigenvalue weighted by Gasteiger charge is 2.26. The van der Waals surface area contributed by atoms with Crippen LogP contribution in [-0.2, 0) is 14.3 Å². The Balaban J connectivity index is 1.74. The van der Waals surface area contributed by atoms with Crippen LogP contribution in [0.3, 0.4) is 0 Å². The number of carbonyl (C=O) groups excluding carboxylic acids is 2. The Morgan fingerprint density at radius 1 is 1.39 bits per heavy atom. The molecule has 0 saturated carbocycles. The van der Waals surface area contributed by atoms with Gasteiger partial charge in [-0.05, 0) is 50.8 Å². The van der Waals surface area contributed by atoms with Crippen LogP contribution in [0.2, 0.25) is 0 Å². The maximum atomic E-state index is 12.5. The number of ether oxygens (including phenoxy) is 2. The molecule has 1 aliphatic heterocycles. The molecule has 0 aliphatic carbocycles. The molecule has 1 fully saturated rings. The third-order valence-corrected chi connectivity index (χ3v) is 4.94. The summed E-state index contributed by atoms with van der Waals surface area (Å²) in [5.41, 5.74) is 8.57. The maximum Gasteiger partial charge on any atom is 0.341 e. The van der Waals surface area contributed by atoms with Gasteiger partial charge in [0.1, 0.15) is 5.56 Å². The van der Waals surface area contributed by atoms with Gasteiger partial charge in [-0.2, -0.15) is 5.10 Å². The summed E-state index contributed by atoms with van der Waals surface area (Å²) >= 11 is 0. The third-order valence-electron chi connectivity index (χ3n) is 4.94. The van der Waals surface area contributed by atoms with Crippen LogP contribution in [0.15, 0.2) is 30.5 Å². The van der Waals surface area contributed by atoms with Crippen molar-refractivity contribution in [2.24, 2.45) is 11.7 Å². The quantitative estimate of drug-likeness (QED) is 0.736. The molecule has 8 nitrogen and oxygen atoms in total. The molecule has 0 bridgehead atoms. The number of carbonyl (C=O) groups is 2. The molecule has 1 aromatic heterocycles. The number of hydrogen-bond acceptors (Lipinski definition) is 6. The molecule has 28 heavy (non-hydrogen) atoms. The normalized spacial score (nSPS) is 15.8. The minimum Gasteiger partial charge on any atom is -0.462 e. The number of nitrogens with two attached hydrogens (primary N) is 1. The largest absolute Gasteiger partial charge is 0.462 e. The molecular weight excluding hydrogens is 360 g/mol. The summed E-state index contributed by atoms with van der Waals surface area (Å²) in [6.45, 7) is 5.14. The molecule has 2 heterocycles. The molecule has 150 valence electrons. The van der Waals surface area contributed by atoms with E-state index in [4.69, 9.17) is 15.2 Å². The van der Waals surface area contributed by atoms with Crippen LogP contribution in [0.25, 0.3) is 5.69 Å². The number of hydrogen-bond donors (Lipinski definition) is 2. The molecule has 2 aromatic rings. The standard InChI is InChI=1S/C20H26N4O4/c1-3-28-20(26)17-12-22-24(13(17)2)16-6-4-5-15(11-16)23-19(25)18(21)14-7-9-27-10-8-14/h4-6,11-12,14,18H,3,7-10,21H2,1-2H3,(H,23,25). The highest BCUT2D eigenvalue weighted by atomic mass is 16.5. The lowest BCUT2D eigenvalue weighted by Gasteiger charge is -2.26. The van der Waals surface area contributed by atoms with Crippen molar-refractivity contribution in [3.05, 3.63) is 41.7 Å². The van der Waals surface area contributed by atoms with Crippen molar-refractivity contribution in [3.63, 3.8) is 0 Å². The first-order valence-corrected chi connectivity index (χ1v) is 9.47. The highest BCUT2D eigenvalue weighted by Crippen LogP contribution is 2.21. The van der Waals surface area contributed by atoms with Gasteiger partial charge >= 0.3 is 5.97 Å². The second-order valence-corrected chi connectivity index (χ2v) is 6.79. The minimum absolute atomic E-state index is 0.123. The van der Waals surface area contributed by atoms with Crippen LogP contribution in [0, 0.1) is 12.8 Å². The Labute approximate surface area is 164 Å². The first-order chi connectivity index (χ1) is 13.5. The zero-order chi connectivity index (χ0) is 20.1. The molecule has 1 saturated heterocycles. The number of anilines is 1. The van der Waals surface area contributed by atoms with E-state index in [1.54, 1.807) is 30.7 Å². The molecule has 1 aliphatic rings. The highest BCUT2D eigenvalue weighted by molar-refractivity contribution is 5.95. The van der Waals surface area contributed by atoms with Crippen molar-refractivity contribution >= 4 is 17.6 Å². The van der Waals surface area contributed by atoms with E-state index in [-0.39, 0.29) is 11.8 Å². The van der Waals surface area contributed by atoms with Crippen molar-refractivity contribution in [3.8, 4) is 5.69 Å². The minimum atomic E-state index is -0.575. The van der Waals surface area contributed by atoms with Crippen molar-refractivity contribution in [2.45, 2.75) is 32.7 Å². The molecule has 1 atom stereocenters. The van der Waals surface area contributed by atoms with Gasteiger partial charge in [0.05, 0.1) is 30.2 Å². The molecular formula is C20H26N4O4. The Morgan fingerprint density at radius 3 is 2.86 bits per heavy atom. The predicted molar refractivity (Wildman–Crippen MR) is 104 cm³/mol. The molecule has 8 heteroatoms. The molecule has 0 radical (unpaired) electrons. The predicted octanol–water partition coefficient (Wildman–Crippen LogP) is 2.05. The van der Waals surface area contributed by atoms with Gasteiger partial charge in [0.2, 0.25) is 5.91 Å². The van der Waals surface area contributed by atoms with Gasteiger partial charge < -0.3 is 20.5 Å². The van der Waals surface area contributed by atoms with Crippen molar-refractivity contribution in [1.29, 1.82) is 0 Å². The molecule has 3 N–H and O–H groups in total. The fourth-order valence-electron chi connectivity index (χ4n) is 3.31. The SMILES string of the molecule is CCOC(=O)c1cnn(-c2cccc(NC(=O)C(N)C3CCOCC3)c2)c1C. The van der Waals surface area contributed by atoms with Crippen LogP contribution in [0.1, 0.15) is 35.8 Å². The summed E-state index contributed by atoms with van der Waals surface area (Å²) in [4.78, 5) is 24.5. The lowest BCUT2D eigenvalue weighted by molar-refractivity contribution is -0.119. The summed E-state index contributed by atoms with van der Waals surface area (Å²) < 4.78 is 12.0. The van der Waals surface area contributed by atoms with Gasteiger partial charge in [0, 0.05) is 18.9 Å². The molecule has 1 unspecified atom stereocenters. The topological polar surface area (TPSA) is 108 Å².